The van der Waals surface area contributed by atoms with Gasteiger partial charge < -0.3 is 25.6 Å². The van der Waals surface area contributed by atoms with E-state index in [1.165, 1.54) is 6.42 Å². The molecule has 1 heterocycles. The molecule has 5 N–H and O–H groups in total. The molecule has 0 aromatic heterocycles. The maximum absolute atomic E-state index is 10.6. The second-order valence-corrected chi connectivity index (χ2v) is 8.93. The number of hydrogen-bond donors (Lipinski definition) is 2. The molecule has 0 aromatic rings. The number of rotatable bonds is 3. The fourth-order valence-corrected chi connectivity index (χ4v) is 4.74. The smallest absolute Gasteiger partial charge is 0.475 e. The Hall–Kier alpha value is -0.835. The molecule has 1 saturated heterocycles. The predicted octanol–water partition coefficient (Wildman–Crippen LogP) is 2.44. The largest absolute Gasteiger partial charge is 0.490 e. The molecule has 4 unspecified atom stereocenters. The van der Waals surface area contributed by atoms with Gasteiger partial charge in [0.15, 0.2) is 0 Å². The number of halogens is 3. The lowest BCUT2D eigenvalue weighted by Crippen LogP contribution is -2.65. The van der Waals surface area contributed by atoms with Crippen molar-refractivity contribution in [3.8, 4) is 0 Å². The minimum atomic E-state index is -5.08. The van der Waals surface area contributed by atoms with Gasteiger partial charge in [-0.2, -0.15) is 13.2 Å². The molecule has 3 saturated carbocycles. The van der Waals surface area contributed by atoms with Crippen LogP contribution >= 0.6 is 0 Å². The Morgan fingerprint density at radius 3 is 2.22 bits per heavy atom. The van der Waals surface area contributed by atoms with E-state index < -0.39 is 12.1 Å². The zero-order valence-corrected chi connectivity index (χ0v) is 16.5. The summed E-state index contributed by atoms with van der Waals surface area (Å²) in [4.78, 5) is 8.90. The normalized spacial score (nSPS) is 34.6. The first-order valence-corrected chi connectivity index (χ1v) is 9.08. The molecule has 6 nitrogen and oxygen atoms in total. The summed E-state index contributed by atoms with van der Waals surface area (Å²) in [6, 6.07) is 0. The average Bonchev–Trinajstić information content (AvgIpc) is 2.83. The first-order valence-electron chi connectivity index (χ1n) is 9.08. The van der Waals surface area contributed by atoms with Crippen molar-refractivity contribution in [1.82, 2.24) is 0 Å². The Morgan fingerprint density at radius 2 is 1.81 bits per heavy atom. The molecule has 0 aromatic carbocycles. The molecule has 0 spiro atoms. The second kappa shape index (κ2) is 7.89. The summed E-state index contributed by atoms with van der Waals surface area (Å²) in [5.41, 5.74) is 6.56. The fraction of sp³-hybridized carbons (Fsp3) is 0.941. The summed E-state index contributed by atoms with van der Waals surface area (Å²) in [6.07, 6.45) is -1.42. The van der Waals surface area contributed by atoms with Crippen LogP contribution < -0.4 is 5.73 Å². The standard InChI is InChI=1S/C15H28BNO2.C2HF3O2.H2O/c1-9(2)6-13(17)16-18-12-8-10-7-11(14(10,3)4)15(12,5)19-16;3-2(4,5)1(6)7;/h9-13H,6-8,17H2,1-5H3;(H,6,7);1H2/t10?,11?,12?,13?,15-;;/m0../s1. The molecule has 10 heteroatoms. The summed E-state index contributed by atoms with van der Waals surface area (Å²) in [5.74, 6) is -0.739. The van der Waals surface area contributed by atoms with Gasteiger partial charge in [0.25, 0.3) is 0 Å². The summed E-state index contributed by atoms with van der Waals surface area (Å²) >= 11 is 0. The molecular formula is C17H31BF3NO5. The molecule has 158 valence electrons. The van der Waals surface area contributed by atoms with Gasteiger partial charge >= 0.3 is 19.3 Å². The van der Waals surface area contributed by atoms with Crippen LogP contribution in [-0.2, 0) is 14.1 Å². The quantitative estimate of drug-likeness (QED) is 0.711. The van der Waals surface area contributed by atoms with Crippen LogP contribution in [0.25, 0.3) is 0 Å². The summed E-state index contributed by atoms with van der Waals surface area (Å²) in [6.45, 7) is 11.4. The lowest BCUT2D eigenvalue weighted by atomic mass is 9.43. The maximum Gasteiger partial charge on any atom is 0.490 e. The van der Waals surface area contributed by atoms with Gasteiger partial charge in [-0.15, -0.1) is 0 Å². The van der Waals surface area contributed by atoms with Gasteiger partial charge in [-0.05, 0) is 49.4 Å². The van der Waals surface area contributed by atoms with E-state index in [4.69, 9.17) is 24.9 Å². The number of nitrogens with two attached hydrogens (primary N) is 1. The van der Waals surface area contributed by atoms with Crippen LogP contribution in [0.3, 0.4) is 0 Å². The minimum absolute atomic E-state index is 0. The lowest BCUT2D eigenvalue weighted by Gasteiger charge is -2.64. The van der Waals surface area contributed by atoms with E-state index in [1.807, 2.05) is 0 Å². The number of carboxylic acid groups (broad SMARTS) is 1. The predicted molar refractivity (Wildman–Crippen MR) is 94.8 cm³/mol. The number of alkyl halides is 3. The molecule has 3 aliphatic carbocycles. The van der Waals surface area contributed by atoms with E-state index >= 15 is 0 Å². The first-order chi connectivity index (χ1) is 11.7. The van der Waals surface area contributed by atoms with E-state index in [-0.39, 0.29) is 30.2 Å². The third-order valence-electron chi connectivity index (χ3n) is 6.30. The van der Waals surface area contributed by atoms with Crippen LogP contribution in [-0.4, -0.2) is 47.5 Å². The van der Waals surface area contributed by atoms with Gasteiger partial charge in [0.1, 0.15) is 0 Å². The molecule has 1 aliphatic heterocycles. The molecule has 5 atom stereocenters. The molecule has 4 aliphatic rings. The van der Waals surface area contributed by atoms with Crippen molar-refractivity contribution in [1.29, 1.82) is 0 Å². The zero-order valence-electron chi connectivity index (χ0n) is 16.5. The van der Waals surface area contributed by atoms with Gasteiger partial charge in [0, 0.05) is 5.94 Å². The van der Waals surface area contributed by atoms with Gasteiger partial charge in [0.05, 0.1) is 11.7 Å². The van der Waals surface area contributed by atoms with E-state index in [0.29, 0.717) is 17.3 Å². The van der Waals surface area contributed by atoms with Gasteiger partial charge in [-0.1, -0.05) is 27.7 Å². The number of carboxylic acids is 1. The Kier molecular flexibility index (Phi) is 7.07. The van der Waals surface area contributed by atoms with Crippen LogP contribution in [0.2, 0.25) is 0 Å². The van der Waals surface area contributed by atoms with Crippen LogP contribution in [0.4, 0.5) is 13.2 Å². The van der Waals surface area contributed by atoms with Crippen LogP contribution in [0.5, 0.6) is 0 Å². The van der Waals surface area contributed by atoms with Crippen molar-refractivity contribution in [2.24, 2.45) is 28.9 Å². The highest BCUT2D eigenvalue weighted by atomic mass is 19.4. The molecule has 4 fully saturated rings. The fourth-order valence-electron chi connectivity index (χ4n) is 4.74. The minimum Gasteiger partial charge on any atom is -0.475 e. The summed E-state index contributed by atoms with van der Waals surface area (Å²) < 4.78 is 44.3. The van der Waals surface area contributed by atoms with Crippen molar-refractivity contribution >= 4 is 13.1 Å². The molecular weight excluding hydrogens is 366 g/mol. The Balaban J connectivity index is 0.000000395. The van der Waals surface area contributed by atoms with E-state index in [0.717, 1.165) is 18.8 Å². The highest BCUT2D eigenvalue weighted by Crippen LogP contribution is 2.65. The molecule has 0 radical (unpaired) electrons. The van der Waals surface area contributed by atoms with E-state index in [2.05, 4.69) is 34.6 Å². The Labute approximate surface area is 158 Å². The van der Waals surface area contributed by atoms with E-state index in [1.54, 1.807) is 0 Å². The Morgan fingerprint density at radius 1 is 1.30 bits per heavy atom. The van der Waals surface area contributed by atoms with Crippen LogP contribution in [0, 0.1) is 23.2 Å². The van der Waals surface area contributed by atoms with Gasteiger partial charge in [0.2, 0.25) is 0 Å². The SMILES string of the molecule is CC(C)CC(N)B1OC2CC3CC(C3(C)C)[C@]2(C)O1.O.O=C(O)C(F)(F)F. The van der Waals surface area contributed by atoms with Crippen LogP contribution in [0.15, 0.2) is 0 Å². The highest BCUT2D eigenvalue weighted by molar-refractivity contribution is 6.47. The topological polar surface area (TPSA) is 113 Å². The number of hydrogen-bond acceptors (Lipinski definition) is 4. The second-order valence-electron chi connectivity index (χ2n) is 8.93. The van der Waals surface area contributed by atoms with E-state index in [9.17, 15) is 13.2 Å². The molecule has 0 amide bonds. The van der Waals surface area contributed by atoms with Crippen LogP contribution in [0.1, 0.15) is 53.9 Å². The van der Waals surface area contributed by atoms with Crippen molar-refractivity contribution < 1.29 is 37.9 Å². The highest BCUT2D eigenvalue weighted by Gasteiger charge is 2.68. The number of aliphatic carboxylic acids is 1. The van der Waals surface area contributed by atoms with Gasteiger partial charge in [-0.25, -0.2) is 4.79 Å². The molecule has 4 rings (SSSR count). The summed E-state index contributed by atoms with van der Waals surface area (Å²) in [7, 11) is -0.201. The molecule has 2 bridgehead atoms. The van der Waals surface area contributed by atoms with Crippen molar-refractivity contribution in [3.05, 3.63) is 0 Å². The van der Waals surface area contributed by atoms with Crippen molar-refractivity contribution in [2.45, 2.75) is 77.7 Å². The van der Waals surface area contributed by atoms with Crippen molar-refractivity contribution in [2.75, 3.05) is 0 Å². The maximum atomic E-state index is 10.6. The zero-order chi connectivity index (χ0) is 20.1. The monoisotopic (exact) mass is 397 g/mol. The van der Waals surface area contributed by atoms with Crippen molar-refractivity contribution in [3.63, 3.8) is 0 Å². The lowest BCUT2D eigenvalue weighted by molar-refractivity contribution is -0.199. The number of carbonyl (C=O) groups is 1. The third-order valence-corrected chi connectivity index (χ3v) is 6.30. The average molecular weight is 397 g/mol. The first kappa shape index (κ1) is 24.2. The van der Waals surface area contributed by atoms with Gasteiger partial charge in [-0.3, -0.25) is 0 Å². The molecule has 27 heavy (non-hydrogen) atoms. The third kappa shape index (κ3) is 4.60. The summed E-state index contributed by atoms with van der Waals surface area (Å²) in [5, 5.41) is 7.12. The Bertz CT molecular complexity index is 545.